The Hall–Kier alpha value is -2.40. The lowest BCUT2D eigenvalue weighted by Gasteiger charge is -2.39. The number of aryl methyl sites for hydroxylation is 1. The van der Waals surface area contributed by atoms with Gasteiger partial charge in [0, 0.05) is 44.0 Å². The zero-order valence-electron chi connectivity index (χ0n) is 18.3. The summed E-state index contributed by atoms with van der Waals surface area (Å²) in [5.74, 6) is 2.46. The van der Waals surface area contributed by atoms with Gasteiger partial charge < -0.3 is 9.47 Å². The fraction of sp³-hybridized carbons (Fsp3) is 0.500. The van der Waals surface area contributed by atoms with Crippen molar-refractivity contribution in [3.8, 4) is 0 Å². The second kappa shape index (κ2) is 7.63. The van der Waals surface area contributed by atoms with E-state index in [1.54, 1.807) is 6.07 Å². The average Bonchev–Trinajstić information content (AvgIpc) is 3.45. The SMILES string of the molecule is Cc1nc2ccc(F)cc2n1C1CC2CC(N3CCN(c4ccccc4)CC3)CC2C1. The van der Waals surface area contributed by atoms with Crippen LogP contribution < -0.4 is 4.90 Å². The van der Waals surface area contributed by atoms with Crippen molar-refractivity contribution in [1.82, 2.24) is 14.5 Å². The molecule has 3 aliphatic rings. The Morgan fingerprint density at radius 3 is 2.23 bits per heavy atom. The molecule has 2 aliphatic carbocycles. The van der Waals surface area contributed by atoms with Gasteiger partial charge >= 0.3 is 0 Å². The third-order valence-electron chi connectivity index (χ3n) is 8.11. The number of benzene rings is 2. The molecule has 1 aromatic heterocycles. The second-order valence-electron chi connectivity index (χ2n) is 9.79. The zero-order valence-corrected chi connectivity index (χ0v) is 18.3. The van der Waals surface area contributed by atoms with Gasteiger partial charge in [0.25, 0.3) is 0 Å². The molecule has 0 radical (unpaired) electrons. The van der Waals surface area contributed by atoms with Crippen LogP contribution in [-0.2, 0) is 0 Å². The Labute approximate surface area is 183 Å². The number of anilines is 1. The average molecular weight is 419 g/mol. The smallest absolute Gasteiger partial charge is 0.125 e. The van der Waals surface area contributed by atoms with Crippen LogP contribution in [0, 0.1) is 24.6 Å². The molecule has 2 unspecified atom stereocenters. The summed E-state index contributed by atoms with van der Waals surface area (Å²) in [6.45, 7) is 6.68. The van der Waals surface area contributed by atoms with Crippen LogP contribution in [0.2, 0.25) is 0 Å². The summed E-state index contributed by atoms with van der Waals surface area (Å²) >= 11 is 0. The van der Waals surface area contributed by atoms with Gasteiger partial charge in [0.2, 0.25) is 0 Å². The van der Waals surface area contributed by atoms with E-state index < -0.39 is 0 Å². The number of hydrogen-bond acceptors (Lipinski definition) is 3. The van der Waals surface area contributed by atoms with Crippen molar-refractivity contribution >= 4 is 16.7 Å². The molecular formula is C26H31FN4. The number of nitrogens with zero attached hydrogens (tertiary/aromatic N) is 4. The van der Waals surface area contributed by atoms with Gasteiger partial charge in [0.15, 0.2) is 0 Å². The van der Waals surface area contributed by atoms with Crippen LogP contribution in [0.25, 0.3) is 11.0 Å². The summed E-state index contributed by atoms with van der Waals surface area (Å²) in [5.41, 5.74) is 3.24. The van der Waals surface area contributed by atoms with Crippen LogP contribution in [0.15, 0.2) is 48.5 Å². The van der Waals surface area contributed by atoms with Gasteiger partial charge in [-0.05, 0) is 74.8 Å². The number of para-hydroxylation sites is 1. The van der Waals surface area contributed by atoms with Crippen LogP contribution in [0.4, 0.5) is 10.1 Å². The number of rotatable bonds is 3. The quantitative estimate of drug-likeness (QED) is 0.596. The molecule has 162 valence electrons. The highest BCUT2D eigenvalue weighted by molar-refractivity contribution is 5.76. The highest BCUT2D eigenvalue weighted by atomic mass is 19.1. The minimum atomic E-state index is -0.165. The Balaban J connectivity index is 1.10. The highest BCUT2D eigenvalue weighted by Gasteiger charge is 2.44. The lowest BCUT2D eigenvalue weighted by molar-refractivity contribution is 0.177. The molecule has 3 aromatic rings. The van der Waals surface area contributed by atoms with E-state index in [1.807, 2.05) is 6.07 Å². The molecule has 5 heteroatoms. The first-order valence-electron chi connectivity index (χ1n) is 11.8. The predicted octanol–water partition coefficient (Wildman–Crippen LogP) is 5.04. The maximum atomic E-state index is 13.9. The van der Waals surface area contributed by atoms with Gasteiger partial charge in [-0.15, -0.1) is 0 Å². The Kier molecular flexibility index (Phi) is 4.75. The van der Waals surface area contributed by atoms with Gasteiger partial charge in [0.05, 0.1) is 11.0 Å². The van der Waals surface area contributed by atoms with Crippen LogP contribution >= 0.6 is 0 Å². The normalized spacial score (nSPS) is 29.0. The highest BCUT2D eigenvalue weighted by Crippen LogP contribution is 2.50. The van der Waals surface area contributed by atoms with Crippen LogP contribution in [0.3, 0.4) is 0 Å². The number of fused-ring (bicyclic) bond motifs is 2. The maximum absolute atomic E-state index is 13.9. The van der Waals surface area contributed by atoms with E-state index >= 15 is 0 Å². The molecule has 1 saturated heterocycles. The molecule has 0 spiro atoms. The summed E-state index contributed by atoms with van der Waals surface area (Å²) in [5, 5.41) is 0. The molecule has 3 fully saturated rings. The van der Waals surface area contributed by atoms with E-state index in [0.29, 0.717) is 6.04 Å². The lowest BCUT2D eigenvalue weighted by Crippen LogP contribution is -2.50. The van der Waals surface area contributed by atoms with Gasteiger partial charge in [-0.2, -0.15) is 0 Å². The van der Waals surface area contributed by atoms with E-state index in [2.05, 4.69) is 51.6 Å². The number of halogens is 1. The van der Waals surface area contributed by atoms with Gasteiger partial charge in [-0.3, -0.25) is 4.90 Å². The Morgan fingerprint density at radius 2 is 1.52 bits per heavy atom. The second-order valence-corrected chi connectivity index (χ2v) is 9.79. The predicted molar refractivity (Wildman–Crippen MR) is 123 cm³/mol. The molecule has 1 aliphatic heterocycles. The summed E-state index contributed by atoms with van der Waals surface area (Å²) in [6, 6.07) is 17.0. The number of imidazole rings is 1. The number of piperazine rings is 1. The Bertz CT molecular complexity index is 1060. The maximum Gasteiger partial charge on any atom is 0.125 e. The van der Waals surface area contributed by atoms with Crippen molar-refractivity contribution in [2.75, 3.05) is 31.1 Å². The molecule has 0 amide bonds. The molecule has 31 heavy (non-hydrogen) atoms. The molecular weight excluding hydrogens is 387 g/mol. The van der Waals surface area contributed by atoms with Gasteiger partial charge in [-0.25, -0.2) is 9.37 Å². The fourth-order valence-corrected chi connectivity index (χ4v) is 6.69. The molecule has 4 nitrogen and oxygen atoms in total. The fourth-order valence-electron chi connectivity index (χ4n) is 6.69. The van der Waals surface area contributed by atoms with Crippen molar-refractivity contribution in [3.05, 3.63) is 60.2 Å². The first-order valence-corrected chi connectivity index (χ1v) is 11.8. The van der Waals surface area contributed by atoms with E-state index in [0.717, 1.165) is 47.8 Å². The summed E-state index contributed by atoms with van der Waals surface area (Å²) < 4.78 is 16.2. The molecule has 2 aromatic carbocycles. The third-order valence-corrected chi connectivity index (χ3v) is 8.11. The number of hydrogen-bond donors (Lipinski definition) is 0. The van der Waals surface area contributed by atoms with E-state index in [1.165, 1.54) is 50.5 Å². The van der Waals surface area contributed by atoms with E-state index in [9.17, 15) is 4.39 Å². The Morgan fingerprint density at radius 1 is 0.839 bits per heavy atom. The molecule has 0 N–H and O–H groups in total. The van der Waals surface area contributed by atoms with Crippen molar-refractivity contribution in [2.24, 2.45) is 11.8 Å². The first kappa shape index (κ1) is 19.3. The molecule has 2 heterocycles. The molecule has 0 bridgehead atoms. The monoisotopic (exact) mass is 418 g/mol. The van der Waals surface area contributed by atoms with Gasteiger partial charge in [-0.1, -0.05) is 18.2 Å². The minimum Gasteiger partial charge on any atom is -0.369 e. The molecule has 2 saturated carbocycles. The van der Waals surface area contributed by atoms with Crippen LogP contribution in [-0.4, -0.2) is 46.7 Å². The summed E-state index contributed by atoms with van der Waals surface area (Å²) in [4.78, 5) is 9.97. The zero-order chi connectivity index (χ0) is 20.9. The van der Waals surface area contributed by atoms with Crippen molar-refractivity contribution in [2.45, 2.75) is 44.7 Å². The van der Waals surface area contributed by atoms with Crippen molar-refractivity contribution < 1.29 is 4.39 Å². The summed E-state index contributed by atoms with van der Waals surface area (Å²) in [7, 11) is 0. The van der Waals surface area contributed by atoms with Crippen molar-refractivity contribution in [3.63, 3.8) is 0 Å². The van der Waals surface area contributed by atoms with Gasteiger partial charge in [0.1, 0.15) is 11.6 Å². The van der Waals surface area contributed by atoms with Crippen molar-refractivity contribution in [1.29, 1.82) is 0 Å². The van der Waals surface area contributed by atoms with E-state index in [-0.39, 0.29) is 5.82 Å². The largest absolute Gasteiger partial charge is 0.369 e. The lowest BCUT2D eigenvalue weighted by atomic mass is 10.0. The minimum absolute atomic E-state index is 0.165. The van der Waals surface area contributed by atoms with Crippen LogP contribution in [0.1, 0.15) is 37.5 Å². The third kappa shape index (κ3) is 3.43. The first-order chi connectivity index (χ1) is 15.2. The molecule has 6 rings (SSSR count). The summed E-state index contributed by atoms with van der Waals surface area (Å²) in [6.07, 6.45) is 5.08. The van der Waals surface area contributed by atoms with Crippen LogP contribution in [0.5, 0.6) is 0 Å². The topological polar surface area (TPSA) is 24.3 Å². The number of aromatic nitrogens is 2. The van der Waals surface area contributed by atoms with E-state index in [4.69, 9.17) is 4.98 Å². The standard InChI is InChI=1S/C26H31FN4/c1-18-28-25-8-7-21(27)17-26(25)31(18)24-15-19-13-23(14-20(19)16-24)30-11-9-29(10-12-30)22-5-3-2-4-6-22/h2-8,17,19-20,23-24H,9-16H2,1H3. The molecule has 2 atom stereocenters.